The average Bonchev–Trinajstić information content (AvgIpc) is 3.43. The van der Waals surface area contributed by atoms with E-state index in [1.165, 1.54) is 36.7 Å². The number of halogens is 5. The van der Waals surface area contributed by atoms with Crippen LogP contribution in [0.5, 0.6) is 11.8 Å². The van der Waals surface area contributed by atoms with Crippen LogP contribution in [-0.2, 0) is 6.18 Å². The molecule has 5 aromatic rings. The highest BCUT2D eigenvalue weighted by Gasteiger charge is 2.33. The Balaban J connectivity index is 1.23. The van der Waals surface area contributed by atoms with Crippen molar-refractivity contribution in [2.75, 3.05) is 16.4 Å². The van der Waals surface area contributed by atoms with Gasteiger partial charge >= 0.3 is 18.2 Å². The third kappa shape index (κ3) is 6.50. The van der Waals surface area contributed by atoms with Gasteiger partial charge in [0.25, 0.3) is 0 Å². The second kappa shape index (κ2) is 11.1. The molecule has 0 spiro atoms. The zero-order valence-corrected chi connectivity index (χ0v) is 21.3. The molecule has 2 aromatic carbocycles. The smallest absolute Gasteiger partial charge is 0.424 e. The third-order valence-electron chi connectivity index (χ3n) is 5.48. The molecule has 3 heterocycles. The van der Waals surface area contributed by atoms with Crippen molar-refractivity contribution in [1.82, 2.24) is 24.7 Å². The number of hydrogen-bond donors (Lipinski definition) is 3. The van der Waals surface area contributed by atoms with Gasteiger partial charge in [-0.05, 0) is 48.0 Å². The number of benzene rings is 2. The molecule has 0 saturated heterocycles. The second-order valence-corrected chi connectivity index (χ2v) is 8.79. The second-order valence-electron chi connectivity index (χ2n) is 8.35. The molecule has 0 saturated carbocycles. The van der Waals surface area contributed by atoms with E-state index < -0.39 is 23.7 Å². The number of pyridine rings is 1. The minimum atomic E-state index is -4.63. The van der Waals surface area contributed by atoms with Crippen LogP contribution in [0.1, 0.15) is 5.69 Å². The molecule has 10 nitrogen and oxygen atoms in total. The molecule has 0 atom stereocenters. The molecule has 4 N–H and O–H groups in total. The lowest BCUT2D eigenvalue weighted by Gasteiger charge is -2.13. The van der Waals surface area contributed by atoms with Gasteiger partial charge in [0.15, 0.2) is 5.69 Å². The van der Waals surface area contributed by atoms with Gasteiger partial charge in [0.05, 0.1) is 35.7 Å². The van der Waals surface area contributed by atoms with Gasteiger partial charge in [-0.2, -0.15) is 18.3 Å². The first kappa shape index (κ1) is 27.3. The highest BCUT2D eigenvalue weighted by atomic mass is 35.5. The number of amides is 2. The van der Waals surface area contributed by atoms with Crippen molar-refractivity contribution in [2.24, 2.45) is 0 Å². The fourth-order valence-electron chi connectivity index (χ4n) is 3.62. The van der Waals surface area contributed by atoms with Crippen molar-refractivity contribution in [2.45, 2.75) is 6.18 Å². The summed E-state index contributed by atoms with van der Waals surface area (Å²) in [6.45, 7) is 0. The maximum Gasteiger partial charge on any atom is 0.435 e. The van der Waals surface area contributed by atoms with Crippen molar-refractivity contribution < 1.29 is 27.1 Å². The molecule has 15 heteroatoms. The molecule has 0 bridgehead atoms. The van der Waals surface area contributed by atoms with E-state index in [9.17, 15) is 22.4 Å². The summed E-state index contributed by atoms with van der Waals surface area (Å²) in [5, 5.41) is 8.80. The number of anilines is 3. The van der Waals surface area contributed by atoms with Gasteiger partial charge in [-0.3, -0.25) is 0 Å². The third-order valence-corrected chi connectivity index (χ3v) is 5.71. The van der Waals surface area contributed by atoms with E-state index in [-0.39, 0.29) is 33.9 Å². The van der Waals surface area contributed by atoms with Gasteiger partial charge in [0.2, 0.25) is 0 Å². The first-order valence-corrected chi connectivity index (χ1v) is 11.9. The number of carbonyl (C=O) groups excluding carboxylic acids is 1. The minimum absolute atomic E-state index is 0.0214. The fourth-order valence-corrected chi connectivity index (χ4v) is 3.80. The summed E-state index contributed by atoms with van der Waals surface area (Å²) in [6, 6.07) is 12.1. The highest BCUT2D eigenvalue weighted by molar-refractivity contribution is 6.31. The number of nitrogen functional groups attached to an aromatic ring is 1. The molecule has 0 fully saturated rings. The summed E-state index contributed by atoms with van der Waals surface area (Å²) >= 11 is 6.02. The lowest BCUT2D eigenvalue weighted by molar-refractivity contribution is -0.141. The van der Waals surface area contributed by atoms with Crippen LogP contribution in [0.3, 0.4) is 0 Å². The van der Waals surface area contributed by atoms with Crippen LogP contribution in [0, 0.1) is 5.82 Å². The number of urea groups is 1. The maximum absolute atomic E-state index is 13.5. The normalized spacial score (nSPS) is 11.2. The Morgan fingerprint density at radius 1 is 0.951 bits per heavy atom. The van der Waals surface area contributed by atoms with Crippen LogP contribution >= 0.6 is 11.6 Å². The number of nitrogens with one attached hydrogen (secondary N) is 2. The van der Waals surface area contributed by atoms with Gasteiger partial charge in [-0.1, -0.05) is 23.7 Å². The van der Waals surface area contributed by atoms with E-state index >= 15 is 0 Å². The molecular formula is C26H17ClF4N8O2. The Hall–Kier alpha value is -5.24. The van der Waals surface area contributed by atoms with E-state index in [0.29, 0.717) is 16.9 Å². The predicted octanol–water partition coefficient (Wildman–Crippen LogP) is 6.55. The molecule has 0 aliphatic heterocycles. The lowest BCUT2D eigenvalue weighted by atomic mass is 10.1. The first-order chi connectivity index (χ1) is 19.5. The number of nitrogens with zero attached hydrogens (tertiary/aromatic N) is 5. The number of rotatable bonds is 6. The van der Waals surface area contributed by atoms with E-state index in [1.807, 2.05) is 0 Å². The predicted molar refractivity (Wildman–Crippen MR) is 142 cm³/mol. The Labute approximate surface area is 233 Å². The molecule has 41 heavy (non-hydrogen) atoms. The van der Waals surface area contributed by atoms with Crippen LogP contribution in [-0.4, -0.2) is 30.8 Å². The molecule has 3 aromatic heterocycles. The zero-order chi connectivity index (χ0) is 29.1. The fraction of sp³-hybridized carbons (Fsp3) is 0.0385. The molecular weight excluding hydrogens is 568 g/mol. The van der Waals surface area contributed by atoms with Gasteiger partial charge in [0, 0.05) is 16.8 Å². The summed E-state index contributed by atoms with van der Waals surface area (Å²) < 4.78 is 59.0. The van der Waals surface area contributed by atoms with Crippen LogP contribution < -0.4 is 21.1 Å². The Kier molecular flexibility index (Phi) is 7.40. The SMILES string of the molecule is Nc1ncc(F)cc1-c1ccc(Oc2ncc(NC(=O)Nc3cc(Cl)ccc3-n3ccc(C(F)(F)F)n3)cn2)cc1. The van der Waals surface area contributed by atoms with Crippen LogP contribution in [0.4, 0.5) is 39.5 Å². The number of carbonyl (C=O) groups is 1. The van der Waals surface area contributed by atoms with E-state index in [1.54, 1.807) is 24.3 Å². The number of hydrogen-bond acceptors (Lipinski definition) is 7. The number of aromatic nitrogens is 5. The van der Waals surface area contributed by atoms with Gasteiger partial charge in [0.1, 0.15) is 17.4 Å². The summed E-state index contributed by atoms with van der Waals surface area (Å²) in [4.78, 5) is 24.5. The zero-order valence-electron chi connectivity index (χ0n) is 20.5. The summed E-state index contributed by atoms with van der Waals surface area (Å²) in [5.41, 5.74) is 6.25. The number of nitrogens with two attached hydrogens (primary N) is 1. The Morgan fingerprint density at radius 2 is 1.68 bits per heavy atom. The largest absolute Gasteiger partial charge is 0.435 e. The highest BCUT2D eigenvalue weighted by Crippen LogP contribution is 2.31. The maximum atomic E-state index is 13.5. The van der Waals surface area contributed by atoms with Gasteiger partial charge in [-0.15, -0.1) is 0 Å². The average molecular weight is 585 g/mol. The van der Waals surface area contributed by atoms with E-state index in [2.05, 4.69) is 30.7 Å². The lowest BCUT2D eigenvalue weighted by Crippen LogP contribution is -2.21. The molecule has 208 valence electrons. The summed E-state index contributed by atoms with van der Waals surface area (Å²) in [5.74, 6) is 0.0470. The molecule has 0 radical (unpaired) electrons. The summed E-state index contributed by atoms with van der Waals surface area (Å²) in [7, 11) is 0. The molecule has 0 aliphatic carbocycles. The number of alkyl halides is 3. The summed E-state index contributed by atoms with van der Waals surface area (Å²) in [6.07, 6.45) is 0.0941. The molecule has 0 aliphatic rings. The van der Waals surface area contributed by atoms with Crippen molar-refractivity contribution in [1.29, 1.82) is 0 Å². The standard InChI is InChI=1S/C26H17ClF4N8O2/c27-15-3-6-21(39-8-7-22(38-39)26(29,30)31)20(9-15)37-24(40)36-17-12-34-25(35-13-17)41-18-4-1-14(2-5-18)19-10-16(28)11-33-23(19)32/h1-13H,(H2,32,33)(H2,36,37,40). The Bertz CT molecular complexity index is 1710. The molecule has 2 amide bonds. The van der Waals surface area contributed by atoms with E-state index in [4.69, 9.17) is 22.1 Å². The van der Waals surface area contributed by atoms with Crippen LogP contribution in [0.25, 0.3) is 16.8 Å². The van der Waals surface area contributed by atoms with Crippen molar-refractivity contribution in [3.8, 4) is 28.6 Å². The van der Waals surface area contributed by atoms with Gasteiger partial charge in [-0.25, -0.2) is 28.8 Å². The monoisotopic (exact) mass is 584 g/mol. The van der Waals surface area contributed by atoms with Crippen LogP contribution in [0.2, 0.25) is 5.02 Å². The first-order valence-electron chi connectivity index (χ1n) is 11.6. The van der Waals surface area contributed by atoms with Crippen molar-refractivity contribution >= 4 is 34.8 Å². The molecule has 0 unspecified atom stereocenters. The van der Waals surface area contributed by atoms with Gasteiger partial charge < -0.3 is 21.1 Å². The number of ether oxygens (including phenoxy) is 1. The van der Waals surface area contributed by atoms with Crippen molar-refractivity contribution in [3.05, 3.63) is 95.9 Å². The Morgan fingerprint density at radius 3 is 2.37 bits per heavy atom. The molecule has 5 rings (SSSR count). The van der Waals surface area contributed by atoms with E-state index in [0.717, 1.165) is 23.1 Å². The van der Waals surface area contributed by atoms with Crippen molar-refractivity contribution in [3.63, 3.8) is 0 Å². The topological polar surface area (TPSA) is 133 Å². The van der Waals surface area contributed by atoms with Crippen LogP contribution in [0.15, 0.2) is 79.4 Å². The minimum Gasteiger partial charge on any atom is -0.424 e. The quantitative estimate of drug-likeness (QED) is 0.193.